The van der Waals surface area contributed by atoms with Crippen LogP contribution in [0.3, 0.4) is 0 Å². The maximum atomic E-state index is 12.2. The lowest BCUT2D eigenvalue weighted by molar-refractivity contribution is -0.115. The smallest absolute Gasteiger partial charge is 0.273 e. The second kappa shape index (κ2) is 10.4. The molecule has 8 heteroatoms. The molecule has 0 aliphatic heterocycles. The zero-order chi connectivity index (χ0) is 21.2. The van der Waals surface area contributed by atoms with E-state index in [9.17, 15) is 9.59 Å². The molecule has 0 unspecified atom stereocenters. The van der Waals surface area contributed by atoms with E-state index < -0.39 is 11.8 Å². The topological polar surface area (TPSA) is 117 Å². The van der Waals surface area contributed by atoms with Gasteiger partial charge in [0.05, 0.1) is 19.2 Å². The normalized spacial score (nSPS) is 10.1. The van der Waals surface area contributed by atoms with Crippen LogP contribution in [0.25, 0.3) is 11.3 Å². The number of rotatable bonds is 9. The standard InChI is InChI=1S/C22H20N4O4/c23-11-4-5-12-29-18-10-6-9-17(13-18)25-21(27)15-24-22(28)19-14-20(30-26-19)16-7-2-1-3-8-16/h1-3,6-10,13-14H,4-5,12,15H2,(H,24,28)(H,25,27). The molecule has 1 heterocycles. The fourth-order valence-corrected chi connectivity index (χ4v) is 2.58. The molecule has 0 saturated heterocycles. The average molecular weight is 404 g/mol. The monoisotopic (exact) mass is 404 g/mol. The zero-order valence-corrected chi connectivity index (χ0v) is 16.1. The molecule has 8 nitrogen and oxygen atoms in total. The fraction of sp³-hybridized carbons (Fsp3) is 0.182. The van der Waals surface area contributed by atoms with E-state index in [0.717, 1.165) is 5.56 Å². The number of carbonyl (C=O) groups is 2. The highest BCUT2D eigenvalue weighted by molar-refractivity contribution is 5.98. The fourth-order valence-electron chi connectivity index (χ4n) is 2.58. The molecule has 0 aliphatic carbocycles. The Morgan fingerprint density at radius 1 is 1.10 bits per heavy atom. The first kappa shape index (κ1) is 20.6. The number of aromatic nitrogens is 1. The van der Waals surface area contributed by atoms with Crippen LogP contribution in [-0.4, -0.2) is 30.1 Å². The summed E-state index contributed by atoms with van der Waals surface area (Å²) in [6.45, 7) is 0.198. The van der Waals surface area contributed by atoms with Crippen molar-refractivity contribution in [3.8, 4) is 23.1 Å². The summed E-state index contributed by atoms with van der Waals surface area (Å²) in [5, 5.41) is 17.5. The third-order valence-corrected chi connectivity index (χ3v) is 4.03. The number of unbranched alkanes of at least 4 members (excludes halogenated alkanes) is 1. The van der Waals surface area contributed by atoms with Crippen molar-refractivity contribution in [2.45, 2.75) is 12.8 Å². The summed E-state index contributed by atoms with van der Waals surface area (Å²) in [7, 11) is 0. The molecule has 0 atom stereocenters. The van der Waals surface area contributed by atoms with Crippen molar-refractivity contribution in [1.82, 2.24) is 10.5 Å². The summed E-state index contributed by atoms with van der Waals surface area (Å²) in [5.74, 6) is 0.157. The molecule has 2 amide bonds. The van der Waals surface area contributed by atoms with Gasteiger partial charge in [-0.2, -0.15) is 5.26 Å². The van der Waals surface area contributed by atoms with E-state index in [1.165, 1.54) is 6.07 Å². The molecule has 0 aliphatic rings. The van der Waals surface area contributed by atoms with E-state index in [2.05, 4.69) is 21.9 Å². The maximum absolute atomic E-state index is 12.2. The molecule has 2 N–H and O–H groups in total. The van der Waals surface area contributed by atoms with Crippen molar-refractivity contribution in [2.24, 2.45) is 0 Å². The van der Waals surface area contributed by atoms with Gasteiger partial charge in [-0.3, -0.25) is 9.59 Å². The van der Waals surface area contributed by atoms with Crippen molar-refractivity contribution in [3.05, 3.63) is 66.4 Å². The molecule has 3 aromatic rings. The van der Waals surface area contributed by atoms with E-state index in [-0.39, 0.29) is 12.2 Å². The van der Waals surface area contributed by atoms with Crippen LogP contribution in [-0.2, 0) is 4.79 Å². The Morgan fingerprint density at radius 2 is 1.93 bits per heavy atom. The van der Waals surface area contributed by atoms with Crippen LogP contribution in [0.1, 0.15) is 23.3 Å². The third kappa shape index (κ3) is 5.94. The number of nitrogens with zero attached hydrogens (tertiary/aromatic N) is 2. The van der Waals surface area contributed by atoms with Crippen LogP contribution in [0.2, 0.25) is 0 Å². The predicted octanol–water partition coefficient (Wildman–Crippen LogP) is 3.39. The molecule has 0 saturated carbocycles. The molecule has 152 valence electrons. The number of ether oxygens (including phenoxy) is 1. The van der Waals surface area contributed by atoms with Crippen LogP contribution in [0.15, 0.2) is 65.2 Å². The second-order valence-corrected chi connectivity index (χ2v) is 6.31. The minimum absolute atomic E-state index is 0.0921. The lowest BCUT2D eigenvalue weighted by Crippen LogP contribution is -2.33. The first-order valence-corrected chi connectivity index (χ1v) is 9.36. The Bertz CT molecular complexity index is 1040. The molecule has 1 aromatic heterocycles. The summed E-state index contributed by atoms with van der Waals surface area (Å²) in [5.41, 5.74) is 1.44. The van der Waals surface area contributed by atoms with E-state index in [1.54, 1.807) is 24.3 Å². The Hall–Kier alpha value is -4.12. The number of benzene rings is 2. The van der Waals surface area contributed by atoms with Gasteiger partial charge in [0.25, 0.3) is 5.91 Å². The van der Waals surface area contributed by atoms with Crippen LogP contribution in [0.4, 0.5) is 5.69 Å². The number of hydrogen-bond acceptors (Lipinski definition) is 6. The zero-order valence-electron chi connectivity index (χ0n) is 16.1. The number of amides is 2. The van der Waals surface area contributed by atoms with Crippen molar-refractivity contribution < 1.29 is 18.8 Å². The van der Waals surface area contributed by atoms with E-state index in [0.29, 0.717) is 36.6 Å². The highest BCUT2D eigenvalue weighted by Gasteiger charge is 2.14. The average Bonchev–Trinajstić information content (AvgIpc) is 3.26. The largest absolute Gasteiger partial charge is 0.493 e. The molecular weight excluding hydrogens is 384 g/mol. The number of nitrogens with one attached hydrogen (secondary N) is 2. The Labute approximate surface area is 173 Å². The predicted molar refractivity (Wildman–Crippen MR) is 110 cm³/mol. The van der Waals surface area contributed by atoms with E-state index in [4.69, 9.17) is 14.5 Å². The van der Waals surface area contributed by atoms with Crippen LogP contribution in [0.5, 0.6) is 5.75 Å². The second-order valence-electron chi connectivity index (χ2n) is 6.31. The minimum Gasteiger partial charge on any atom is -0.493 e. The molecule has 30 heavy (non-hydrogen) atoms. The van der Waals surface area contributed by atoms with Crippen molar-refractivity contribution >= 4 is 17.5 Å². The van der Waals surface area contributed by atoms with Gasteiger partial charge in [0.15, 0.2) is 11.5 Å². The van der Waals surface area contributed by atoms with Gasteiger partial charge >= 0.3 is 0 Å². The molecule has 2 aromatic carbocycles. The lowest BCUT2D eigenvalue weighted by Gasteiger charge is -2.09. The van der Waals surface area contributed by atoms with Gasteiger partial charge in [0, 0.05) is 29.8 Å². The minimum atomic E-state index is -0.509. The summed E-state index contributed by atoms with van der Waals surface area (Å²) >= 11 is 0. The van der Waals surface area contributed by atoms with Crippen LogP contribution < -0.4 is 15.4 Å². The van der Waals surface area contributed by atoms with Crippen LogP contribution >= 0.6 is 0 Å². The molecule has 0 bridgehead atoms. The molecule has 0 spiro atoms. The number of anilines is 1. The van der Waals surface area contributed by atoms with E-state index >= 15 is 0 Å². The van der Waals surface area contributed by atoms with Crippen LogP contribution in [0, 0.1) is 11.3 Å². The SMILES string of the molecule is N#CCCCOc1cccc(NC(=O)CNC(=O)c2cc(-c3ccccc3)on2)c1. The maximum Gasteiger partial charge on any atom is 0.273 e. The Morgan fingerprint density at radius 3 is 2.73 bits per heavy atom. The lowest BCUT2D eigenvalue weighted by atomic mass is 10.1. The first-order chi connectivity index (χ1) is 14.7. The van der Waals surface area contributed by atoms with Gasteiger partial charge in [0.2, 0.25) is 5.91 Å². The first-order valence-electron chi connectivity index (χ1n) is 9.36. The molecule has 0 radical (unpaired) electrons. The quantitative estimate of drug-likeness (QED) is 0.528. The summed E-state index contributed by atoms with van der Waals surface area (Å²) in [6, 6.07) is 19.8. The van der Waals surface area contributed by atoms with Gasteiger partial charge in [-0.1, -0.05) is 41.6 Å². The highest BCUT2D eigenvalue weighted by atomic mass is 16.5. The van der Waals surface area contributed by atoms with Crippen molar-refractivity contribution in [2.75, 3.05) is 18.5 Å². The molecular formula is C22H20N4O4. The number of hydrogen-bond donors (Lipinski definition) is 2. The molecule has 0 fully saturated rings. The van der Waals surface area contributed by atoms with Gasteiger partial charge < -0.3 is 19.9 Å². The van der Waals surface area contributed by atoms with Gasteiger partial charge in [-0.25, -0.2) is 0 Å². The summed E-state index contributed by atoms with van der Waals surface area (Å²) in [4.78, 5) is 24.4. The summed E-state index contributed by atoms with van der Waals surface area (Å²) in [6.07, 6.45) is 1.06. The van der Waals surface area contributed by atoms with E-state index in [1.807, 2.05) is 30.3 Å². The molecule has 3 rings (SSSR count). The van der Waals surface area contributed by atoms with Crippen molar-refractivity contribution in [1.29, 1.82) is 5.26 Å². The summed E-state index contributed by atoms with van der Waals surface area (Å²) < 4.78 is 10.7. The van der Waals surface area contributed by atoms with Gasteiger partial charge in [0.1, 0.15) is 5.75 Å². The van der Waals surface area contributed by atoms with Crippen molar-refractivity contribution in [3.63, 3.8) is 0 Å². The Kier molecular flexibility index (Phi) is 7.17. The highest BCUT2D eigenvalue weighted by Crippen LogP contribution is 2.20. The van der Waals surface area contributed by atoms with Gasteiger partial charge in [-0.15, -0.1) is 0 Å². The number of nitriles is 1. The van der Waals surface area contributed by atoms with Gasteiger partial charge in [-0.05, 0) is 18.6 Å². The Balaban J connectivity index is 1.48. The number of carbonyl (C=O) groups excluding carboxylic acids is 2. The third-order valence-electron chi connectivity index (χ3n) is 4.03.